The van der Waals surface area contributed by atoms with Gasteiger partial charge in [-0.2, -0.15) is 0 Å². The molecule has 1 N–H and O–H groups in total. The lowest BCUT2D eigenvalue weighted by Gasteiger charge is -2.26. The van der Waals surface area contributed by atoms with Gasteiger partial charge in [-0.05, 0) is 39.8 Å². The number of rotatable bonds is 8. The summed E-state index contributed by atoms with van der Waals surface area (Å²) in [6.07, 6.45) is 2.44. The largest absolute Gasteiger partial charge is 0.308 e. The molecule has 2 unspecified atom stereocenters. The van der Waals surface area contributed by atoms with E-state index in [0.717, 1.165) is 47.7 Å². The molecule has 172 valence electrons. The molecule has 3 aromatic rings. The summed E-state index contributed by atoms with van der Waals surface area (Å²) in [6.45, 7) is 9.44. The lowest BCUT2D eigenvalue weighted by molar-refractivity contribution is -0.384. The van der Waals surface area contributed by atoms with Gasteiger partial charge in [0.1, 0.15) is 0 Å². The molecule has 2 atom stereocenters. The molecule has 7 heteroatoms. The number of likely N-dealkylation sites (N-methyl/N-ethyl adjacent to an activating group) is 1. The van der Waals surface area contributed by atoms with E-state index in [1.807, 2.05) is 43.3 Å². The van der Waals surface area contributed by atoms with E-state index < -0.39 is 0 Å². The zero-order valence-electron chi connectivity index (χ0n) is 19.5. The number of benzene rings is 2. The van der Waals surface area contributed by atoms with E-state index in [-0.39, 0.29) is 16.7 Å². The Hall–Kier alpha value is -3.16. The number of hydrogen-bond acceptors (Lipinski definition) is 6. The molecule has 4 rings (SSSR count). The first kappa shape index (κ1) is 23.0. The number of hydrogen-bond donors (Lipinski definition) is 1. The van der Waals surface area contributed by atoms with Crippen LogP contribution in [0.3, 0.4) is 0 Å². The molecule has 0 bridgehead atoms. The van der Waals surface area contributed by atoms with Crippen molar-refractivity contribution in [2.24, 2.45) is 0 Å². The highest BCUT2D eigenvalue weighted by molar-refractivity contribution is 5.70. The van der Waals surface area contributed by atoms with Gasteiger partial charge in [-0.25, -0.2) is 9.97 Å². The number of nitrogens with one attached hydrogen (secondary N) is 1. The van der Waals surface area contributed by atoms with Crippen LogP contribution in [-0.4, -0.2) is 45.5 Å². The standard InChI is InChI=1S/C26H31N5O2/c1-4-30-15-9-14-23(30)17-27-18(2)24-19(3)28-26(20-10-6-5-7-11-20)29-25(24)21-12-8-13-22(16-21)31(32)33/h5-8,10-13,16,18,23,27H,4,9,14-15,17H2,1-3H3. The maximum Gasteiger partial charge on any atom is 0.270 e. The minimum atomic E-state index is -0.365. The fraction of sp³-hybridized carbons (Fsp3) is 0.385. The van der Waals surface area contributed by atoms with E-state index in [1.54, 1.807) is 12.1 Å². The monoisotopic (exact) mass is 445 g/mol. The lowest BCUT2D eigenvalue weighted by atomic mass is 9.98. The van der Waals surface area contributed by atoms with Crippen LogP contribution in [0.25, 0.3) is 22.6 Å². The van der Waals surface area contributed by atoms with Crippen molar-refractivity contribution in [1.82, 2.24) is 20.2 Å². The predicted molar refractivity (Wildman–Crippen MR) is 131 cm³/mol. The van der Waals surface area contributed by atoms with Crippen LogP contribution in [-0.2, 0) is 0 Å². The average molecular weight is 446 g/mol. The fourth-order valence-corrected chi connectivity index (χ4v) is 4.76. The van der Waals surface area contributed by atoms with E-state index in [2.05, 4.69) is 24.1 Å². The first-order valence-corrected chi connectivity index (χ1v) is 11.6. The molecule has 7 nitrogen and oxygen atoms in total. The van der Waals surface area contributed by atoms with E-state index in [0.29, 0.717) is 11.9 Å². The molecule has 1 aromatic heterocycles. The third kappa shape index (κ3) is 5.10. The molecule has 1 fully saturated rings. The van der Waals surface area contributed by atoms with Crippen LogP contribution in [0, 0.1) is 17.0 Å². The van der Waals surface area contributed by atoms with E-state index >= 15 is 0 Å². The molecule has 1 aliphatic heterocycles. The Balaban J connectivity index is 1.73. The van der Waals surface area contributed by atoms with Gasteiger partial charge in [0.15, 0.2) is 5.82 Å². The zero-order valence-corrected chi connectivity index (χ0v) is 19.5. The van der Waals surface area contributed by atoms with Crippen molar-refractivity contribution in [3.63, 3.8) is 0 Å². The summed E-state index contributed by atoms with van der Waals surface area (Å²) in [5, 5.41) is 15.1. The Morgan fingerprint density at radius 2 is 1.91 bits per heavy atom. The predicted octanol–water partition coefficient (Wildman–Crippen LogP) is 5.16. The smallest absolute Gasteiger partial charge is 0.270 e. The van der Waals surface area contributed by atoms with Crippen molar-refractivity contribution in [1.29, 1.82) is 0 Å². The molecule has 1 saturated heterocycles. The summed E-state index contributed by atoms with van der Waals surface area (Å²) < 4.78 is 0. The van der Waals surface area contributed by atoms with Crippen LogP contribution in [0.15, 0.2) is 54.6 Å². The molecule has 33 heavy (non-hydrogen) atoms. The van der Waals surface area contributed by atoms with Crippen LogP contribution in [0.1, 0.15) is 44.0 Å². The van der Waals surface area contributed by atoms with E-state index in [4.69, 9.17) is 9.97 Å². The topological polar surface area (TPSA) is 84.2 Å². The van der Waals surface area contributed by atoms with Crippen molar-refractivity contribution >= 4 is 5.69 Å². The number of likely N-dealkylation sites (tertiary alicyclic amines) is 1. The zero-order chi connectivity index (χ0) is 23.4. The molecule has 1 aliphatic rings. The molecule has 0 radical (unpaired) electrons. The average Bonchev–Trinajstić information content (AvgIpc) is 3.30. The van der Waals surface area contributed by atoms with Gasteiger partial charge in [0.2, 0.25) is 0 Å². The van der Waals surface area contributed by atoms with Crippen molar-refractivity contribution in [2.75, 3.05) is 19.6 Å². The number of aryl methyl sites for hydroxylation is 1. The van der Waals surface area contributed by atoms with E-state index in [1.165, 1.54) is 18.9 Å². The van der Waals surface area contributed by atoms with Gasteiger partial charge in [-0.15, -0.1) is 0 Å². The van der Waals surface area contributed by atoms with Crippen molar-refractivity contribution in [3.8, 4) is 22.6 Å². The SMILES string of the molecule is CCN1CCCC1CNC(C)c1c(C)nc(-c2ccccc2)nc1-c1cccc([N+](=O)[O-])c1. The molecule has 2 heterocycles. The third-order valence-corrected chi connectivity index (χ3v) is 6.50. The third-order valence-electron chi connectivity index (χ3n) is 6.50. The van der Waals surface area contributed by atoms with E-state index in [9.17, 15) is 10.1 Å². The first-order chi connectivity index (χ1) is 16.0. The van der Waals surface area contributed by atoms with Crippen LogP contribution >= 0.6 is 0 Å². The van der Waals surface area contributed by atoms with Gasteiger partial charge >= 0.3 is 0 Å². The van der Waals surface area contributed by atoms with Crippen LogP contribution in [0.2, 0.25) is 0 Å². The minimum absolute atomic E-state index is 0.00314. The lowest BCUT2D eigenvalue weighted by Crippen LogP contribution is -2.38. The Kier molecular flexibility index (Phi) is 7.11. The Labute approximate surface area is 195 Å². The maximum atomic E-state index is 11.4. The highest BCUT2D eigenvalue weighted by atomic mass is 16.6. The second-order valence-electron chi connectivity index (χ2n) is 8.62. The summed E-state index contributed by atoms with van der Waals surface area (Å²) in [4.78, 5) is 23.3. The number of nitro groups is 1. The molecule has 0 saturated carbocycles. The highest BCUT2D eigenvalue weighted by Gasteiger charge is 2.25. The molecule has 0 aliphatic carbocycles. The van der Waals surface area contributed by atoms with Crippen molar-refractivity contribution < 1.29 is 4.92 Å². The van der Waals surface area contributed by atoms with Crippen molar-refractivity contribution in [2.45, 2.75) is 45.7 Å². The van der Waals surface area contributed by atoms with Crippen molar-refractivity contribution in [3.05, 3.63) is 76.0 Å². The first-order valence-electron chi connectivity index (χ1n) is 11.6. The Morgan fingerprint density at radius 1 is 1.15 bits per heavy atom. The molecule has 2 aromatic carbocycles. The fourth-order valence-electron chi connectivity index (χ4n) is 4.76. The number of non-ortho nitro benzene ring substituents is 1. The Bertz CT molecular complexity index is 1120. The quantitative estimate of drug-likeness (QED) is 0.381. The second kappa shape index (κ2) is 10.2. The van der Waals surface area contributed by atoms with Gasteiger partial charge < -0.3 is 5.32 Å². The maximum absolute atomic E-state index is 11.4. The second-order valence-corrected chi connectivity index (χ2v) is 8.62. The van der Waals surface area contributed by atoms with Gasteiger partial charge in [0.05, 0.1) is 10.6 Å². The molecule has 0 spiro atoms. The van der Waals surface area contributed by atoms with Gasteiger partial charge in [-0.1, -0.05) is 49.4 Å². The summed E-state index contributed by atoms with van der Waals surface area (Å²) >= 11 is 0. The summed E-state index contributed by atoms with van der Waals surface area (Å²) in [6, 6.07) is 17.1. The van der Waals surface area contributed by atoms with Gasteiger partial charge in [-0.3, -0.25) is 15.0 Å². The molecular weight excluding hydrogens is 414 g/mol. The number of aromatic nitrogens is 2. The normalized spacial score (nSPS) is 17.2. The summed E-state index contributed by atoms with van der Waals surface area (Å²) in [7, 11) is 0. The Morgan fingerprint density at radius 3 is 2.64 bits per heavy atom. The molecule has 0 amide bonds. The van der Waals surface area contributed by atoms with Crippen LogP contribution in [0.5, 0.6) is 0 Å². The van der Waals surface area contributed by atoms with Gasteiger partial charge in [0, 0.05) is 53.1 Å². The number of nitro benzene ring substituents is 1. The minimum Gasteiger partial charge on any atom is -0.308 e. The van der Waals surface area contributed by atoms with Crippen LogP contribution in [0.4, 0.5) is 5.69 Å². The number of nitrogens with zero attached hydrogens (tertiary/aromatic N) is 4. The van der Waals surface area contributed by atoms with Crippen LogP contribution < -0.4 is 5.32 Å². The molecular formula is C26H31N5O2. The highest BCUT2D eigenvalue weighted by Crippen LogP contribution is 2.33. The summed E-state index contributed by atoms with van der Waals surface area (Å²) in [5.41, 5.74) is 4.31. The van der Waals surface area contributed by atoms with Gasteiger partial charge in [0.25, 0.3) is 5.69 Å². The summed E-state index contributed by atoms with van der Waals surface area (Å²) in [5.74, 6) is 0.624.